The van der Waals surface area contributed by atoms with Gasteiger partial charge in [-0.1, -0.05) is 35.1 Å². The van der Waals surface area contributed by atoms with Crippen molar-refractivity contribution >= 4 is 11.8 Å². The molecule has 0 amide bonds. The minimum absolute atomic E-state index is 0.217. The first-order chi connectivity index (χ1) is 14.5. The Balaban J connectivity index is 1.37. The number of pyridine rings is 1. The highest BCUT2D eigenvalue weighted by atomic mass is 32.2. The molecule has 0 aliphatic rings. The summed E-state index contributed by atoms with van der Waals surface area (Å²) in [7, 11) is 0. The van der Waals surface area contributed by atoms with Crippen LogP contribution < -0.4 is 0 Å². The Morgan fingerprint density at radius 1 is 1.07 bits per heavy atom. The van der Waals surface area contributed by atoms with Crippen LogP contribution in [0.1, 0.15) is 17.1 Å². The number of hydrogen-bond acceptors (Lipinski definition) is 8. The summed E-state index contributed by atoms with van der Waals surface area (Å²) in [4.78, 5) is 8.49. The molecule has 0 spiro atoms. The number of halogens is 3. The Bertz CT molecular complexity index is 1100. The molecular formula is C18H14F3N7OS. The molecule has 0 radical (unpaired) electrons. The van der Waals surface area contributed by atoms with Crippen LogP contribution in [-0.4, -0.2) is 35.3 Å². The van der Waals surface area contributed by atoms with Crippen LogP contribution in [0.4, 0.5) is 13.2 Å². The molecule has 0 N–H and O–H groups in total. The van der Waals surface area contributed by atoms with Crippen molar-refractivity contribution in [2.75, 3.05) is 0 Å². The van der Waals surface area contributed by atoms with Crippen LogP contribution in [0.15, 0.2) is 58.3 Å². The lowest BCUT2D eigenvalue weighted by molar-refractivity contribution is -0.137. The zero-order valence-corrected chi connectivity index (χ0v) is 16.1. The summed E-state index contributed by atoms with van der Waals surface area (Å²) in [6.07, 6.45) is -1.98. The van der Waals surface area contributed by atoms with E-state index in [2.05, 4.69) is 30.7 Å². The predicted molar refractivity (Wildman–Crippen MR) is 100 cm³/mol. The second-order valence-corrected chi connectivity index (χ2v) is 7.07. The van der Waals surface area contributed by atoms with Gasteiger partial charge in [0.25, 0.3) is 0 Å². The highest BCUT2D eigenvalue weighted by Crippen LogP contribution is 2.30. The van der Waals surface area contributed by atoms with Crippen molar-refractivity contribution in [3.05, 3.63) is 65.8 Å². The normalized spacial score (nSPS) is 11.7. The van der Waals surface area contributed by atoms with Crippen molar-refractivity contribution in [3.8, 4) is 11.4 Å². The van der Waals surface area contributed by atoms with E-state index >= 15 is 0 Å². The monoisotopic (exact) mass is 433 g/mol. The van der Waals surface area contributed by atoms with E-state index in [1.807, 2.05) is 18.2 Å². The Kier molecular flexibility index (Phi) is 5.74. The Morgan fingerprint density at radius 2 is 1.90 bits per heavy atom. The lowest BCUT2D eigenvalue weighted by atomic mass is 10.1. The second kappa shape index (κ2) is 8.61. The lowest BCUT2D eigenvalue weighted by Gasteiger charge is -2.05. The van der Waals surface area contributed by atoms with Gasteiger partial charge >= 0.3 is 6.18 Å². The van der Waals surface area contributed by atoms with Gasteiger partial charge in [0.15, 0.2) is 0 Å². The third-order valence-corrected chi connectivity index (χ3v) is 5.01. The zero-order valence-electron chi connectivity index (χ0n) is 15.3. The summed E-state index contributed by atoms with van der Waals surface area (Å²) in [6, 6.07) is 10.3. The fourth-order valence-corrected chi connectivity index (χ4v) is 3.31. The molecule has 12 heteroatoms. The average Bonchev–Trinajstić information content (AvgIpc) is 3.40. The molecule has 3 aromatic heterocycles. The topological polar surface area (TPSA) is 95.4 Å². The van der Waals surface area contributed by atoms with Gasteiger partial charge in [0.2, 0.25) is 16.9 Å². The first-order valence-corrected chi connectivity index (χ1v) is 9.77. The molecule has 0 bridgehead atoms. The minimum atomic E-state index is -4.39. The van der Waals surface area contributed by atoms with Crippen LogP contribution in [0, 0.1) is 0 Å². The van der Waals surface area contributed by atoms with Crippen LogP contribution >= 0.6 is 11.8 Å². The lowest BCUT2D eigenvalue weighted by Crippen LogP contribution is -2.06. The van der Waals surface area contributed by atoms with E-state index in [-0.39, 0.29) is 5.82 Å². The average molecular weight is 433 g/mol. The molecule has 3 heterocycles. The minimum Gasteiger partial charge on any atom is -0.338 e. The van der Waals surface area contributed by atoms with Crippen molar-refractivity contribution in [2.24, 2.45) is 0 Å². The fourth-order valence-electron chi connectivity index (χ4n) is 2.57. The molecule has 0 atom stereocenters. The summed E-state index contributed by atoms with van der Waals surface area (Å²) in [5, 5.41) is 16.1. The molecular weight excluding hydrogens is 419 g/mol. The SMILES string of the molecule is FC(F)(F)c1ccc(-c2noc(CSc3nnnn3CCc3ccccn3)n2)cc1. The Morgan fingerprint density at radius 3 is 2.63 bits per heavy atom. The molecule has 4 aromatic rings. The van der Waals surface area contributed by atoms with Gasteiger partial charge < -0.3 is 4.52 Å². The van der Waals surface area contributed by atoms with E-state index in [0.717, 1.165) is 17.8 Å². The molecule has 154 valence electrons. The number of thioether (sulfide) groups is 1. The molecule has 0 fully saturated rings. The summed E-state index contributed by atoms with van der Waals surface area (Å²) in [5.74, 6) is 0.848. The van der Waals surface area contributed by atoms with Gasteiger partial charge in [-0.3, -0.25) is 4.98 Å². The van der Waals surface area contributed by atoms with Crippen molar-refractivity contribution in [1.29, 1.82) is 0 Å². The smallest absolute Gasteiger partial charge is 0.338 e. The third-order valence-electron chi connectivity index (χ3n) is 4.07. The van der Waals surface area contributed by atoms with E-state index < -0.39 is 11.7 Å². The fraction of sp³-hybridized carbons (Fsp3) is 0.222. The molecule has 0 unspecified atom stereocenters. The molecule has 1 aromatic carbocycles. The molecule has 0 saturated carbocycles. The first-order valence-electron chi connectivity index (χ1n) is 8.78. The quantitative estimate of drug-likeness (QED) is 0.408. The standard InChI is InChI=1S/C18H14F3N7OS/c19-18(20,21)13-6-4-12(5-7-13)16-23-15(29-25-16)11-30-17-24-26-27-28(17)10-8-14-3-1-2-9-22-14/h1-7,9H,8,10-11H2. The molecule has 0 saturated heterocycles. The van der Waals surface area contributed by atoms with Gasteiger partial charge in [0.05, 0.1) is 17.9 Å². The summed E-state index contributed by atoms with van der Waals surface area (Å²) in [5.41, 5.74) is 0.633. The molecule has 8 nitrogen and oxygen atoms in total. The van der Waals surface area contributed by atoms with Gasteiger partial charge in [0.1, 0.15) is 0 Å². The van der Waals surface area contributed by atoms with Gasteiger partial charge in [-0.05, 0) is 34.7 Å². The predicted octanol–water partition coefficient (Wildman–Crippen LogP) is 3.67. The highest BCUT2D eigenvalue weighted by molar-refractivity contribution is 7.98. The van der Waals surface area contributed by atoms with E-state index in [0.29, 0.717) is 35.3 Å². The third kappa shape index (κ3) is 4.82. The Hall–Kier alpha value is -3.28. The maximum Gasteiger partial charge on any atom is 0.416 e. The van der Waals surface area contributed by atoms with Gasteiger partial charge in [-0.2, -0.15) is 18.2 Å². The van der Waals surface area contributed by atoms with Crippen LogP contribution in [-0.2, 0) is 24.9 Å². The van der Waals surface area contributed by atoms with Gasteiger partial charge in [-0.15, -0.1) is 5.10 Å². The summed E-state index contributed by atoms with van der Waals surface area (Å²) >= 11 is 1.32. The van der Waals surface area contributed by atoms with Crippen molar-refractivity contribution in [2.45, 2.75) is 30.1 Å². The van der Waals surface area contributed by atoms with Crippen LogP contribution in [0.3, 0.4) is 0 Å². The zero-order chi connectivity index (χ0) is 21.0. The molecule has 30 heavy (non-hydrogen) atoms. The first kappa shape index (κ1) is 20.0. The molecule has 0 aliphatic carbocycles. The number of aromatic nitrogens is 7. The van der Waals surface area contributed by atoms with Crippen molar-refractivity contribution in [1.82, 2.24) is 35.3 Å². The van der Waals surface area contributed by atoms with Crippen molar-refractivity contribution in [3.63, 3.8) is 0 Å². The number of alkyl halides is 3. The van der Waals surface area contributed by atoms with E-state index in [1.54, 1.807) is 10.9 Å². The number of tetrazole rings is 1. The molecule has 4 rings (SSSR count). The van der Waals surface area contributed by atoms with E-state index in [4.69, 9.17) is 4.52 Å². The number of rotatable bonds is 7. The highest BCUT2D eigenvalue weighted by Gasteiger charge is 2.30. The van der Waals surface area contributed by atoms with E-state index in [1.165, 1.54) is 23.9 Å². The summed E-state index contributed by atoms with van der Waals surface area (Å²) in [6.45, 7) is 0.562. The largest absolute Gasteiger partial charge is 0.416 e. The number of hydrogen-bond donors (Lipinski definition) is 0. The second-order valence-electron chi connectivity index (χ2n) is 6.13. The van der Waals surface area contributed by atoms with Crippen LogP contribution in [0.2, 0.25) is 0 Å². The maximum absolute atomic E-state index is 12.7. The van der Waals surface area contributed by atoms with Crippen LogP contribution in [0.5, 0.6) is 0 Å². The maximum atomic E-state index is 12.7. The van der Waals surface area contributed by atoms with Crippen LogP contribution in [0.25, 0.3) is 11.4 Å². The number of benzene rings is 1. The molecule has 0 aliphatic heterocycles. The summed E-state index contributed by atoms with van der Waals surface area (Å²) < 4.78 is 44.9. The van der Waals surface area contributed by atoms with E-state index in [9.17, 15) is 13.2 Å². The van der Waals surface area contributed by atoms with Gasteiger partial charge in [0, 0.05) is 23.9 Å². The van der Waals surface area contributed by atoms with Crippen molar-refractivity contribution < 1.29 is 17.7 Å². The van der Waals surface area contributed by atoms with Gasteiger partial charge in [-0.25, -0.2) is 4.68 Å². The number of nitrogens with zero attached hydrogens (tertiary/aromatic N) is 7. The Labute approximate surface area is 172 Å². The number of aryl methyl sites for hydroxylation is 2.